The summed E-state index contributed by atoms with van der Waals surface area (Å²) in [7, 11) is 1.67. The van der Waals surface area contributed by atoms with Gasteiger partial charge in [0.05, 0.1) is 18.6 Å². The van der Waals surface area contributed by atoms with Crippen molar-refractivity contribution < 1.29 is 14.3 Å². The Bertz CT molecular complexity index is 694. The summed E-state index contributed by atoms with van der Waals surface area (Å²) >= 11 is 0. The van der Waals surface area contributed by atoms with Crippen LogP contribution < -0.4 is 10.1 Å². The molecule has 1 aromatic rings. The normalized spacial score (nSPS) is 27.4. The molecular weight excluding hydrogens is 340 g/mol. The van der Waals surface area contributed by atoms with E-state index in [0.717, 1.165) is 56.4 Å². The number of carbonyl (C=O) groups excluding carboxylic acids is 2. The Morgan fingerprint density at radius 1 is 1.11 bits per heavy atom. The van der Waals surface area contributed by atoms with Gasteiger partial charge in [0.25, 0.3) is 0 Å². The average molecular weight is 370 g/mol. The molecule has 1 saturated carbocycles. The monoisotopic (exact) mass is 370 g/mol. The van der Waals surface area contributed by atoms with Crippen LogP contribution in [-0.4, -0.2) is 43.0 Å². The van der Waals surface area contributed by atoms with Crippen molar-refractivity contribution in [1.82, 2.24) is 10.2 Å². The van der Waals surface area contributed by atoms with Crippen LogP contribution in [0.2, 0.25) is 0 Å². The van der Waals surface area contributed by atoms with Crippen LogP contribution in [0.15, 0.2) is 24.3 Å². The summed E-state index contributed by atoms with van der Waals surface area (Å²) in [5, 5.41) is 3.15. The lowest BCUT2D eigenvalue weighted by Gasteiger charge is -2.39. The predicted octanol–water partition coefficient (Wildman–Crippen LogP) is 3.02. The van der Waals surface area contributed by atoms with E-state index in [2.05, 4.69) is 17.4 Å². The molecule has 146 valence electrons. The van der Waals surface area contributed by atoms with Crippen LogP contribution in [-0.2, 0) is 15.0 Å². The van der Waals surface area contributed by atoms with Crippen molar-refractivity contribution in [2.75, 3.05) is 20.2 Å². The number of ether oxygens (including phenoxy) is 1. The molecule has 2 heterocycles. The fourth-order valence-electron chi connectivity index (χ4n) is 5.29. The van der Waals surface area contributed by atoms with Crippen LogP contribution >= 0.6 is 0 Å². The number of nitrogens with zero attached hydrogens (tertiary/aromatic N) is 1. The summed E-state index contributed by atoms with van der Waals surface area (Å²) in [4.78, 5) is 27.7. The van der Waals surface area contributed by atoms with Gasteiger partial charge in [0, 0.05) is 19.5 Å². The highest BCUT2D eigenvalue weighted by Gasteiger charge is 2.47. The molecule has 0 unspecified atom stereocenters. The lowest BCUT2D eigenvalue weighted by Crippen LogP contribution is -2.48. The van der Waals surface area contributed by atoms with Gasteiger partial charge in [-0.05, 0) is 49.3 Å². The number of carbonyl (C=O) groups is 2. The van der Waals surface area contributed by atoms with Gasteiger partial charge >= 0.3 is 0 Å². The molecule has 2 saturated heterocycles. The number of rotatable bonds is 3. The molecule has 1 aromatic carbocycles. The first-order chi connectivity index (χ1) is 13.1. The van der Waals surface area contributed by atoms with Crippen LogP contribution in [0.5, 0.6) is 5.75 Å². The first-order valence-corrected chi connectivity index (χ1v) is 10.4. The Balaban J connectivity index is 1.59. The maximum atomic E-state index is 13.8. The van der Waals surface area contributed by atoms with E-state index in [1.807, 2.05) is 17.0 Å². The Morgan fingerprint density at radius 2 is 1.85 bits per heavy atom. The van der Waals surface area contributed by atoms with Gasteiger partial charge in [-0.25, -0.2) is 0 Å². The van der Waals surface area contributed by atoms with Crippen molar-refractivity contribution in [2.45, 2.75) is 62.8 Å². The van der Waals surface area contributed by atoms with E-state index < -0.39 is 5.41 Å². The number of amides is 2. The van der Waals surface area contributed by atoms with Crippen LogP contribution in [0.1, 0.15) is 56.9 Å². The number of benzene rings is 1. The quantitative estimate of drug-likeness (QED) is 0.890. The van der Waals surface area contributed by atoms with E-state index in [0.29, 0.717) is 18.9 Å². The largest absolute Gasteiger partial charge is 0.497 e. The number of hydrogen-bond donors (Lipinski definition) is 1. The third kappa shape index (κ3) is 3.44. The third-order valence-electron chi connectivity index (χ3n) is 6.81. The van der Waals surface area contributed by atoms with Crippen LogP contribution in [0.4, 0.5) is 0 Å². The molecule has 2 atom stereocenters. The smallest absolute Gasteiger partial charge is 0.233 e. The number of likely N-dealkylation sites (tertiary alicyclic amines) is 1. The van der Waals surface area contributed by atoms with Crippen molar-refractivity contribution in [3.05, 3.63) is 29.8 Å². The van der Waals surface area contributed by atoms with E-state index in [9.17, 15) is 9.59 Å². The maximum Gasteiger partial charge on any atom is 0.233 e. The summed E-state index contributed by atoms with van der Waals surface area (Å²) in [5.74, 6) is 1.62. The molecule has 2 amide bonds. The summed E-state index contributed by atoms with van der Waals surface area (Å²) in [6, 6.07) is 8.19. The van der Waals surface area contributed by atoms with Gasteiger partial charge in [-0.3, -0.25) is 9.59 Å². The SMILES string of the molecule is COc1ccc(C2(C(=O)N3C[C@H]4CCCC(=O)N[C@H]4C3)CCCCC2)cc1. The molecule has 0 radical (unpaired) electrons. The third-order valence-corrected chi connectivity index (χ3v) is 6.81. The highest BCUT2D eigenvalue weighted by atomic mass is 16.5. The van der Waals surface area contributed by atoms with Crippen LogP contribution in [0.25, 0.3) is 0 Å². The van der Waals surface area contributed by atoms with Crippen LogP contribution in [0, 0.1) is 5.92 Å². The highest BCUT2D eigenvalue weighted by molar-refractivity contribution is 5.89. The Morgan fingerprint density at radius 3 is 2.56 bits per heavy atom. The molecule has 5 heteroatoms. The Hall–Kier alpha value is -2.04. The Labute approximate surface area is 161 Å². The molecule has 1 N–H and O–H groups in total. The van der Waals surface area contributed by atoms with Gasteiger partial charge in [-0.15, -0.1) is 0 Å². The molecular formula is C22H30N2O3. The summed E-state index contributed by atoms with van der Waals surface area (Å²) in [6.45, 7) is 1.44. The molecule has 3 aliphatic rings. The number of nitrogens with one attached hydrogen (secondary N) is 1. The molecule has 27 heavy (non-hydrogen) atoms. The van der Waals surface area contributed by atoms with Crippen molar-refractivity contribution in [3.63, 3.8) is 0 Å². The lowest BCUT2D eigenvalue weighted by atomic mass is 9.68. The topological polar surface area (TPSA) is 58.6 Å². The van der Waals surface area contributed by atoms with Crippen molar-refractivity contribution >= 4 is 11.8 Å². The minimum absolute atomic E-state index is 0.125. The van der Waals surface area contributed by atoms with Gasteiger partial charge in [-0.2, -0.15) is 0 Å². The minimum Gasteiger partial charge on any atom is -0.497 e. The van der Waals surface area contributed by atoms with E-state index in [1.54, 1.807) is 7.11 Å². The second kappa shape index (κ2) is 7.53. The molecule has 0 aromatic heterocycles. The molecule has 0 bridgehead atoms. The molecule has 5 nitrogen and oxygen atoms in total. The van der Waals surface area contributed by atoms with Gasteiger partial charge in [0.15, 0.2) is 0 Å². The molecule has 0 spiro atoms. The van der Waals surface area contributed by atoms with E-state index in [-0.39, 0.29) is 17.9 Å². The fourth-order valence-corrected chi connectivity index (χ4v) is 5.29. The Kier molecular flexibility index (Phi) is 5.11. The van der Waals surface area contributed by atoms with Crippen molar-refractivity contribution in [2.24, 2.45) is 5.92 Å². The zero-order chi connectivity index (χ0) is 18.9. The molecule has 2 aliphatic heterocycles. The van der Waals surface area contributed by atoms with E-state index in [4.69, 9.17) is 4.74 Å². The first-order valence-electron chi connectivity index (χ1n) is 10.4. The molecule has 4 rings (SSSR count). The number of methoxy groups -OCH3 is 1. The summed E-state index contributed by atoms with van der Waals surface area (Å²) in [6.07, 6.45) is 7.79. The summed E-state index contributed by atoms with van der Waals surface area (Å²) in [5.41, 5.74) is 0.696. The van der Waals surface area contributed by atoms with E-state index >= 15 is 0 Å². The fraction of sp³-hybridized carbons (Fsp3) is 0.636. The first kappa shape index (κ1) is 18.3. The van der Waals surface area contributed by atoms with Gasteiger partial charge < -0.3 is 15.0 Å². The minimum atomic E-state index is -0.419. The number of fused-ring (bicyclic) bond motifs is 1. The zero-order valence-electron chi connectivity index (χ0n) is 16.2. The second-order valence-corrected chi connectivity index (χ2v) is 8.41. The van der Waals surface area contributed by atoms with Crippen molar-refractivity contribution in [3.8, 4) is 5.75 Å². The average Bonchev–Trinajstić information content (AvgIpc) is 3.01. The molecule has 3 fully saturated rings. The second-order valence-electron chi connectivity index (χ2n) is 8.41. The summed E-state index contributed by atoms with van der Waals surface area (Å²) < 4.78 is 5.30. The maximum absolute atomic E-state index is 13.8. The van der Waals surface area contributed by atoms with Gasteiger partial charge in [-0.1, -0.05) is 31.4 Å². The van der Waals surface area contributed by atoms with Crippen LogP contribution in [0.3, 0.4) is 0 Å². The lowest BCUT2D eigenvalue weighted by molar-refractivity contribution is -0.138. The standard InChI is InChI=1S/C22H30N2O3/c1-27-18-10-8-17(9-11-18)22(12-3-2-4-13-22)21(26)24-14-16-6-5-7-20(25)23-19(16)15-24/h8-11,16,19H,2-7,12-15H2,1H3,(H,23,25)/t16-,19+/m1/s1. The van der Waals surface area contributed by atoms with Gasteiger partial charge in [0.2, 0.25) is 11.8 Å². The zero-order valence-corrected chi connectivity index (χ0v) is 16.2. The number of hydrogen-bond acceptors (Lipinski definition) is 3. The van der Waals surface area contributed by atoms with Gasteiger partial charge in [0.1, 0.15) is 5.75 Å². The molecule has 1 aliphatic carbocycles. The predicted molar refractivity (Wildman–Crippen MR) is 104 cm³/mol. The van der Waals surface area contributed by atoms with E-state index in [1.165, 1.54) is 6.42 Å². The van der Waals surface area contributed by atoms with Crippen molar-refractivity contribution in [1.29, 1.82) is 0 Å². The highest BCUT2D eigenvalue weighted by Crippen LogP contribution is 2.42.